The summed E-state index contributed by atoms with van der Waals surface area (Å²) in [5.41, 5.74) is 0.573. The SMILES string of the molecule is CCN(CCC(=O)O)C(C(=O)O)c1cccc(OC)c1. The molecule has 1 aromatic carbocycles. The Balaban J connectivity index is 3.01. The van der Waals surface area contributed by atoms with Gasteiger partial charge in [-0.05, 0) is 24.2 Å². The van der Waals surface area contributed by atoms with Crippen molar-refractivity contribution in [2.45, 2.75) is 19.4 Å². The van der Waals surface area contributed by atoms with Crippen LogP contribution in [-0.2, 0) is 9.59 Å². The zero-order valence-electron chi connectivity index (χ0n) is 11.6. The lowest BCUT2D eigenvalue weighted by Crippen LogP contribution is -2.35. The summed E-state index contributed by atoms with van der Waals surface area (Å²) in [6.07, 6.45) is -0.0956. The molecule has 0 aliphatic carbocycles. The summed E-state index contributed by atoms with van der Waals surface area (Å²) in [7, 11) is 1.51. The molecule has 2 N–H and O–H groups in total. The third-order valence-corrected chi connectivity index (χ3v) is 3.03. The van der Waals surface area contributed by atoms with Gasteiger partial charge in [0.05, 0.1) is 13.5 Å². The average Bonchev–Trinajstić information content (AvgIpc) is 2.42. The molecule has 0 amide bonds. The number of likely N-dealkylation sites (N-methyl/N-ethyl adjacent to an activating group) is 1. The normalized spacial score (nSPS) is 12.2. The number of carboxylic acids is 2. The number of hydrogen-bond acceptors (Lipinski definition) is 4. The van der Waals surface area contributed by atoms with Crippen molar-refractivity contribution in [3.05, 3.63) is 29.8 Å². The maximum Gasteiger partial charge on any atom is 0.325 e. The van der Waals surface area contributed by atoms with Gasteiger partial charge < -0.3 is 14.9 Å². The van der Waals surface area contributed by atoms with Crippen molar-refractivity contribution in [3.63, 3.8) is 0 Å². The number of aliphatic carboxylic acids is 2. The number of rotatable bonds is 8. The number of nitrogens with zero attached hydrogens (tertiary/aromatic N) is 1. The van der Waals surface area contributed by atoms with Crippen LogP contribution >= 0.6 is 0 Å². The summed E-state index contributed by atoms with van der Waals surface area (Å²) < 4.78 is 5.09. The molecule has 20 heavy (non-hydrogen) atoms. The lowest BCUT2D eigenvalue weighted by Gasteiger charge is -2.27. The summed E-state index contributed by atoms with van der Waals surface area (Å²) >= 11 is 0. The van der Waals surface area contributed by atoms with Gasteiger partial charge in [-0.2, -0.15) is 0 Å². The van der Waals surface area contributed by atoms with Crippen LogP contribution in [-0.4, -0.2) is 47.3 Å². The van der Waals surface area contributed by atoms with E-state index >= 15 is 0 Å². The predicted octanol–water partition coefficient (Wildman–Crippen LogP) is 1.62. The molecule has 0 fully saturated rings. The second-order valence-electron chi connectivity index (χ2n) is 4.29. The molecule has 0 saturated carbocycles. The van der Waals surface area contributed by atoms with Gasteiger partial charge >= 0.3 is 11.9 Å². The zero-order chi connectivity index (χ0) is 15.1. The molecule has 0 aliphatic heterocycles. The molecule has 0 aromatic heterocycles. The molecular weight excluding hydrogens is 262 g/mol. The molecule has 1 unspecified atom stereocenters. The first-order valence-electron chi connectivity index (χ1n) is 6.32. The minimum Gasteiger partial charge on any atom is -0.497 e. The molecule has 1 rings (SSSR count). The summed E-state index contributed by atoms with van der Waals surface area (Å²) in [4.78, 5) is 23.8. The summed E-state index contributed by atoms with van der Waals surface area (Å²) in [6.45, 7) is 2.43. The van der Waals surface area contributed by atoms with Gasteiger partial charge in [0.1, 0.15) is 11.8 Å². The molecule has 110 valence electrons. The number of ether oxygens (including phenoxy) is 1. The number of carbonyl (C=O) groups is 2. The Morgan fingerprint density at radius 2 is 2.05 bits per heavy atom. The van der Waals surface area contributed by atoms with E-state index < -0.39 is 18.0 Å². The van der Waals surface area contributed by atoms with Crippen LogP contribution in [0.25, 0.3) is 0 Å². The van der Waals surface area contributed by atoms with Gasteiger partial charge in [-0.1, -0.05) is 19.1 Å². The number of carboxylic acid groups (broad SMARTS) is 2. The maximum atomic E-state index is 11.5. The Hall–Kier alpha value is -2.08. The van der Waals surface area contributed by atoms with Gasteiger partial charge in [0.2, 0.25) is 0 Å². The molecule has 0 bridgehead atoms. The molecule has 0 spiro atoms. The van der Waals surface area contributed by atoms with E-state index in [2.05, 4.69) is 0 Å². The highest BCUT2D eigenvalue weighted by Crippen LogP contribution is 2.24. The van der Waals surface area contributed by atoms with Crippen LogP contribution in [0.2, 0.25) is 0 Å². The lowest BCUT2D eigenvalue weighted by molar-refractivity contribution is -0.145. The molecule has 1 atom stereocenters. The Kier molecular flexibility index (Phi) is 5.99. The van der Waals surface area contributed by atoms with Crippen molar-refractivity contribution in [2.75, 3.05) is 20.2 Å². The van der Waals surface area contributed by atoms with Crippen LogP contribution < -0.4 is 4.74 Å². The minimum absolute atomic E-state index is 0.0956. The molecule has 6 heteroatoms. The monoisotopic (exact) mass is 281 g/mol. The van der Waals surface area contributed by atoms with Crippen molar-refractivity contribution in [2.24, 2.45) is 0 Å². The van der Waals surface area contributed by atoms with Crippen molar-refractivity contribution in [1.29, 1.82) is 0 Å². The van der Waals surface area contributed by atoms with Crippen LogP contribution in [0.3, 0.4) is 0 Å². The van der Waals surface area contributed by atoms with E-state index in [1.165, 1.54) is 7.11 Å². The summed E-state index contributed by atoms with van der Waals surface area (Å²) in [5, 5.41) is 18.2. The zero-order valence-corrected chi connectivity index (χ0v) is 11.6. The van der Waals surface area contributed by atoms with Crippen LogP contribution in [0.1, 0.15) is 24.9 Å². The van der Waals surface area contributed by atoms with Crippen LogP contribution in [0.5, 0.6) is 5.75 Å². The van der Waals surface area contributed by atoms with E-state index in [0.29, 0.717) is 17.9 Å². The fraction of sp³-hybridized carbons (Fsp3) is 0.429. The molecule has 0 heterocycles. The largest absolute Gasteiger partial charge is 0.497 e. The van der Waals surface area contributed by atoms with Crippen molar-refractivity contribution < 1.29 is 24.5 Å². The van der Waals surface area contributed by atoms with E-state index in [0.717, 1.165) is 0 Å². The third-order valence-electron chi connectivity index (χ3n) is 3.03. The predicted molar refractivity (Wildman–Crippen MR) is 72.9 cm³/mol. The topological polar surface area (TPSA) is 87.1 Å². The Morgan fingerprint density at radius 3 is 2.55 bits per heavy atom. The van der Waals surface area contributed by atoms with Gasteiger partial charge in [0, 0.05) is 6.54 Å². The van der Waals surface area contributed by atoms with E-state index in [-0.39, 0.29) is 13.0 Å². The van der Waals surface area contributed by atoms with Crippen LogP contribution in [0.4, 0.5) is 0 Å². The molecular formula is C14H19NO5. The summed E-state index contributed by atoms with van der Waals surface area (Å²) in [6, 6.07) is 5.92. The van der Waals surface area contributed by atoms with Crippen molar-refractivity contribution in [1.82, 2.24) is 4.90 Å². The van der Waals surface area contributed by atoms with E-state index in [1.807, 2.05) is 0 Å². The Morgan fingerprint density at radius 1 is 1.35 bits per heavy atom. The fourth-order valence-corrected chi connectivity index (χ4v) is 2.03. The first kappa shape index (κ1) is 16.0. The maximum absolute atomic E-state index is 11.5. The van der Waals surface area contributed by atoms with Gasteiger partial charge in [0.15, 0.2) is 0 Å². The molecule has 6 nitrogen and oxygen atoms in total. The third kappa shape index (κ3) is 4.24. The second-order valence-corrected chi connectivity index (χ2v) is 4.29. The second kappa shape index (κ2) is 7.49. The van der Waals surface area contributed by atoms with Gasteiger partial charge in [-0.3, -0.25) is 14.5 Å². The standard InChI is InChI=1S/C14H19NO5/c1-3-15(8-7-12(16)17)13(14(18)19)10-5-4-6-11(9-10)20-2/h4-6,9,13H,3,7-8H2,1-2H3,(H,16,17)(H,18,19). The van der Waals surface area contributed by atoms with Crippen molar-refractivity contribution in [3.8, 4) is 5.75 Å². The van der Waals surface area contributed by atoms with E-state index in [9.17, 15) is 14.7 Å². The fourth-order valence-electron chi connectivity index (χ4n) is 2.03. The quantitative estimate of drug-likeness (QED) is 0.753. The van der Waals surface area contributed by atoms with E-state index in [1.54, 1.807) is 36.1 Å². The van der Waals surface area contributed by atoms with Gasteiger partial charge in [-0.15, -0.1) is 0 Å². The Bertz CT molecular complexity index is 474. The first-order chi connectivity index (χ1) is 9.49. The van der Waals surface area contributed by atoms with Gasteiger partial charge in [0.25, 0.3) is 0 Å². The highest BCUT2D eigenvalue weighted by molar-refractivity contribution is 5.76. The Labute approximate surface area is 117 Å². The lowest BCUT2D eigenvalue weighted by atomic mass is 10.0. The average molecular weight is 281 g/mol. The van der Waals surface area contributed by atoms with Crippen LogP contribution in [0, 0.1) is 0 Å². The van der Waals surface area contributed by atoms with E-state index in [4.69, 9.17) is 9.84 Å². The number of hydrogen-bond donors (Lipinski definition) is 2. The molecule has 0 aliphatic rings. The molecule has 0 saturated heterocycles. The van der Waals surface area contributed by atoms with Gasteiger partial charge in [-0.25, -0.2) is 0 Å². The van der Waals surface area contributed by atoms with Crippen molar-refractivity contribution >= 4 is 11.9 Å². The number of benzene rings is 1. The summed E-state index contributed by atoms with van der Waals surface area (Å²) in [5.74, 6) is -1.38. The first-order valence-corrected chi connectivity index (χ1v) is 6.32. The smallest absolute Gasteiger partial charge is 0.325 e. The molecule has 0 radical (unpaired) electrons. The van der Waals surface area contributed by atoms with Crippen LogP contribution in [0.15, 0.2) is 24.3 Å². The number of methoxy groups -OCH3 is 1. The minimum atomic E-state index is -1.01. The molecule has 1 aromatic rings. The highest BCUT2D eigenvalue weighted by Gasteiger charge is 2.26. The highest BCUT2D eigenvalue weighted by atomic mass is 16.5.